The molecule has 2 heterocycles. The minimum absolute atomic E-state index is 0.0745. The van der Waals surface area contributed by atoms with Gasteiger partial charge in [-0.1, -0.05) is 0 Å². The minimum atomic E-state index is -0.852. The summed E-state index contributed by atoms with van der Waals surface area (Å²) >= 11 is 0. The molecule has 12 heteroatoms. The van der Waals surface area contributed by atoms with Crippen LogP contribution in [0.15, 0.2) is 12.7 Å². The van der Waals surface area contributed by atoms with Crippen LogP contribution >= 0.6 is 0 Å². The third kappa shape index (κ3) is 3.49. The molecule has 0 aliphatic heterocycles. The van der Waals surface area contributed by atoms with Crippen molar-refractivity contribution in [3.63, 3.8) is 0 Å². The number of primary amides is 1. The number of nitrogens with one attached hydrogen (secondary N) is 2. The van der Waals surface area contributed by atoms with E-state index in [4.69, 9.17) is 11.6 Å². The molecule has 0 unspecified atom stereocenters. The number of carbonyl (C=O) groups is 1. The van der Waals surface area contributed by atoms with Crippen LogP contribution in [0.5, 0.6) is 0 Å². The third-order valence-electron chi connectivity index (χ3n) is 2.01. The zero-order chi connectivity index (χ0) is 14.4. The largest absolute Gasteiger partial charge is 0.448 e. The normalized spacial score (nSPS) is 10.1. The maximum atomic E-state index is 10.4. The molecular weight excluding hydrogens is 268 g/mol. The van der Waals surface area contributed by atoms with Crippen molar-refractivity contribution in [2.24, 2.45) is 11.6 Å². The number of hydrogen-bond acceptors (Lipinski definition) is 10. The van der Waals surface area contributed by atoms with Crippen LogP contribution in [0, 0.1) is 0 Å². The van der Waals surface area contributed by atoms with Crippen molar-refractivity contribution in [2.75, 3.05) is 23.9 Å². The second-order valence-electron chi connectivity index (χ2n) is 3.36. The first-order valence-corrected chi connectivity index (χ1v) is 5.43. The van der Waals surface area contributed by atoms with Gasteiger partial charge in [0.15, 0.2) is 0 Å². The number of amides is 1. The van der Waals surface area contributed by atoms with E-state index in [-0.39, 0.29) is 31.0 Å². The first-order valence-electron chi connectivity index (χ1n) is 5.43. The Labute approximate surface area is 112 Å². The molecule has 0 bridgehead atoms. The summed E-state index contributed by atoms with van der Waals surface area (Å²) in [4.78, 5) is 26.3. The molecule has 106 valence electrons. The zero-order valence-electron chi connectivity index (χ0n) is 10.2. The van der Waals surface area contributed by atoms with Gasteiger partial charge in [0.05, 0.1) is 6.54 Å². The Morgan fingerprint density at radius 1 is 1.35 bits per heavy atom. The van der Waals surface area contributed by atoms with Crippen LogP contribution < -0.4 is 22.3 Å². The molecular formula is C8H12N10O2. The summed E-state index contributed by atoms with van der Waals surface area (Å²) < 4.78 is 5.90. The van der Waals surface area contributed by atoms with Crippen LogP contribution in [0.2, 0.25) is 0 Å². The topological polar surface area (TPSA) is 172 Å². The van der Waals surface area contributed by atoms with Gasteiger partial charge in [0.25, 0.3) is 5.95 Å². The van der Waals surface area contributed by atoms with Gasteiger partial charge in [-0.15, -0.1) is 0 Å². The summed E-state index contributed by atoms with van der Waals surface area (Å²) in [5.41, 5.74) is 7.14. The Morgan fingerprint density at radius 2 is 2.15 bits per heavy atom. The fourth-order valence-corrected chi connectivity index (χ4v) is 1.24. The number of aromatic nitrogens is 6. The Bertz CT molecular complexity index is 571. The molecule has 0 aliphatic rings. The minimum Gasteiger partial charge on any atom is -0.448 e. The number of rotatable bonds is 6. The van der Waals surface area contributed by atoms with Crippen molar-refractivity contribution < 1.29 is 9.53 Å². The lowest BCUT2D eigenvalue weighted by Gasteiger charge is -2.08. The first-order chi connectivity index (χ1) is 9.69. The van der Waals surface area contributed by atoms with Crippen molar-refractivity contribution >= 4 is 18.0 Å². The van der Waals surface area contributed by atoms with Crippen molar-refractivity contribution in [3.05, 3.63) is 12.7 Å². The van der Waals surface area contributed by atoms with Gasteiger partial charge in [0, 0.05) is 0 Å². The molecule has 0 fully saturated rings. The predicted molar refractivity (Wildman–Crippen MR) is 66.6 cm³/mol. The maximum Gasteiger partial charge on any atom is 0.404 e. The lowest BCUT2D eigenvalue weighted by atomic mass is 10.6. The van der Waals surface area contributed by atoms with Gasteiger partial charge in [-0.25, -0.2) is 15.6 Å². The van der Waals surface area contributed by atoms with Crippen LogP contribution in [-0.4, -0.2) is 49.0 Å². The lowest BCUT2D eigenvalue weighted by Crippen LogP contribution is -2.20. The van der Waals surface area contributed by atoms with Gasteiger partial charge in [0.1, 0.15) is 19.3 Å². The molecule has 0 atom stereocenters. The van der Waals surface area contributed by atoms with E-state index in [0.717, 1.165) is 0 Å². The number of nitrogens with two attached hydrogens (primary N) is 2. The molecule has 2 aromatic heterocycles. The molecule has 0 saturated carbocycles. The number of carbonyl (C=O) groups excluding carboxylic acids is 1. The molecule has 0 radical (unpaired) electrons. The number of nitrogens with zero attached hydrogens (tertiary/aromatic N) is 6. The van der Waals surface area contributed by atoms with Gasteiger partial charge in [-0.05, 0) is 0 Å². The van der Waals surface area contributed by atoms with E-state index >= 15 is 0 Å². The molecule has 6 N–H and O–H groups in total. The first kappa shape index (κ1) is 13.4. The molecule has 0 aromatic carbocycles. The van der Waals surface area contributed by atoms with Crippen LogP contribution in [0.1, 0.15) is 0 Å². The van der Waals surface area contributed by atoms with Crippen LogP contribution in [0.25, 0.3) is 5.95 Å². The molecule has 20 heavy (non-hydrogen) atoms. The second kappa shape index (κ2) is 6.24. The quantitative estimate of drug-likeness (QED) is 0.270. The highest BCUT2D eigenvalue weighted by molar-refractivity contribution is 5.64. The van der Waals surface area contributed by atoms with Crippen LogP contribution in [0.4, 0.5) is 16.7 Å². The average Bonchev–Trinajstić information content (AvgIpc) is 2.97. The molecule has 0 aliphatic carbocycles. The molecule has 2 rings (SSSR count). The van der Waals surface area contributed by atoms with Crippen molar-refractivity contribution in [3.8, 4) is 5.95 Å². The Hall–Kier alpha value is -3.02. The van der Waals surface area contributed by atoms with Gasteiger partial charge < -0.3 is 15.8 Å². The number of nitrogen functional groups attached to an aromatic ring is 1. The van der Waals surface area contributed by atoms with Crippen molar-refractivity contribution in [2.45, 2.75) is 0 Å². The van der Waals surface area contributed by atoms with E-state index in [2.05, 4.69) is 40.5 Å². The fraction of sp³-hybridized carbons (Fsp3) is 0.250. The number of anilines is 2. The average molecular weight is 280 g/mol. The van der Waals surface area contributed by atoms with E-state index in [1.54, 1.807) is 0 Å². The predicted octanol–water partition coefficient (Wildman–Crippen LogP) is -1.75. The van der Waals surface area contributed by atoms with E-state index in [1.165, 1.54) is 17.3 Å². The van der Waals surface area contributed by atoms with Gasteiger partial charge >= 0.3 is 6.09 Å². The second-order valence-corrected chi connectivity index (χ2v) is 3.36. The van der Waals surface area contributed by atoms with Crippen molar-refractivity contribution in [1.82, 2.24) is 29.7 Å². The number of ether oxygens (including phenoxy) is 1. The van der Waals surface area contributed by atoms with Crippen LogP contribution in [-0.2, 0) is 4.74 Å². The molecule has 2 aromatic rings. The van der Waals surface area contributed by atoms with Gasteiger partial charge in [-0.3, -0.25) is 5.43 Å². The Balaban J connectivity index is 2.08. The number of hydrazine groups is 1. The Kier molecular flexibility index (Phi) is 4.18. The lowest BCUT2D eigenvalue weighted by molar-refractivity contribution is 0.161. The summed E-state index contributed by atoms with van der Waals surface area (Å²) in [6, 6.07) is 0. The SMILES string of the molecule is NNc1nc(NCCOC(N)=O)nc(-n2cncn2)n1. The molecule has 12 nitrogen and oxygen atoms in total. The highest BCUT2D eigenvalue weighted by atomic mass is 16.5. The number of hydrogen-bond donors (Lipinski definition) is 4. The highest BCUT2D eigenvalue weighted by Gasteiger charge is 2.08. The summed E-state index contributed by atoms with van der Waals surface area (Å²) in [5, 5.41) is 6.72. The smallest absolute Gasteiger partial charge is 0.404 e. The van der Waals surface area contributed by atoms with E-state index in [9.17, 15) is 4.79 Å². The van der Waals surface area contributed by atoms with E-state index in [0.29, 0.717) is 0 Å². The third-order valence-corrected chi connectivity index (χ3v) is 2.01. The monoisotopic (exact) mass is 280 g/mol. The summed E-state index contributed by atoms with van der Waals surface area (Å²) in [7, 11) is 0. The fourth-order valence-electron chi connectivity index (χ4n) is 1.24. The summed E-state index contributed by atoms with van der Waals surface area (Å²) in [6.45, 7) is 0.346. The van der Waals surface area contributed by atoms with E-state index < -0.39 is 6.09 Å². The maximum absolute atomic E-state index is 10.4. The van der Waals surface area contributed by atoms with Gasteiger partial charge in [0.2, 0.25) is 11.9 Å². The molecule has 0 saturated heterocycles. The van der Waals surface area contributed by atoms with Crippen molar-refractivity contribution in [1.29, 1.82) is 0 Å². The standard InChI is InChI=1S/C8H12N10O2/c9-5(19)20-2-1-12-6-14-7(17-10)16-8(15-6)18-4-11-3-13-18/h3-4H,1-2,10H2,(H2,9,19)(H2,12,14,15,16,17). The highest BCUT2D eigenvalue weighted by Crippen LogP contribution is 2.06. The molecule has 1 amide bonds. The van der Waals surface area contributed by atoms with Gasteiger partial charge in [-0.2, -0.15) is 24.7 Å². The summed E-state index contributed by atoms with van der Waals surface area (Å²) in [5.74, 6) is 5.87. The van der Waals surface area contributed by atoms with Crippen LogP contribution in [0.3, 0.4) is 0 Å². The summed E-state index contributed by atoms with van der Waals surface area (Å²) in [6.07, 6.45) is 1.91. The zero-order valence-corrected chi connectivity index (χ0v) is 10.2. The van der Waals surface area contributed by atoms with E-state index in [1.807, 2.05) is 0 Å². The Morgan fingerprint density at radius 3 is 2.80 bits per heavy atom. The molecule has 0 spiro atoms.